The molecule has 2 aromatic rings. The monoisotopic (exact) mass is 313 g/mol. The van der Waals surface area contributed by atoms with E-state index in [1.807, 2.05) is 0 Å². The van der Waals surface area contributed by atoms with Gasteiger partial charge in [0.15, 0.2) is 0 Å². The van der Waals surface area contributed by atoms with Gasteiger partial charge in [-0.15, -0.1) is 0 Å². The lowest BCUT2D eigenvalue weighted by molar-refractivity contribution is -0.137. The molecular formula is C11H15N5O4S. The van der Waals surface area contributed by atoms with Crippen LogP contribution in [0.15, 0.2) is 36.0 Å². The molecule has 0 amide bonds. The van der Waals surface area contributed by atoms with Crippen LogP contribution in [0.5, 0.6) is 0 Å². The van der Waals surface area contributed by atoms with E-state index in [0.717, 1.165) is 10.9 Å². The fourth-order valence-electron chi connectivity index (χ4n) is 1.79. The first kappa shape index (κ1) is 15.2. The van der Waals surface area contributed by atoms with Gasteiger partial charge in [0.2, 0.25) is 10.0 Å². The highest BCUT2D eigenvalue weighted by Crippen LogP contribution is 2.08. The van der Waals surface area contributed by atoms with Crippen molar-refractivity contribution in [1.29, 1.82) is 0 Å². The highest BCUT2D eigenvalue weighted by atomic mass is 32.2. The molecule has 0 aliphatic heterocycles. The van der Waals surface area contributed by atoms with Crippen LogP contribution in [0.25, 0.3) is 0 Å². The zero-order chi connectivity index (χ0) is 15.5. The van der Waals surface area contributed by atoms with E-state index in [1.54, 1.807) is 30.2 Å². The fraction of sp³-hybridized carbons (Fsp3) is 0.364. The first-order chi connectivity index (χ1) is 9.87. The van der Waals surface area contributed by atoms with Gasteiger partial charge in [0, 0.05) is 31.2 Å². The third-order valence-corrected chi connectivity index (χ3v) is 4.16. The predicted octanol–water partition coefficient (Wildman–Crippen LogP) is -0.469. The summed E-state index contributed by atoms with van der Waals surface area (Å²) in [5.74, 6) is -1.09. The minimum absolute atomic E-state index is 0.0683. The Morgan fingerprint density at radius 1 is 1.52 bits per heavy atom. The summed E-state index contributed by atoms with van der Waals surface area (Å²) in [6.45, 7) is 1.77. The van der Waals surface area contributed by atoms with Crippen LogP contribution in [0.3, 0.4) is 0 Å². The van der Waals surface area contributed by atoms with Crippen LogP contribution in [-0.2, 0) is 27.9 Å². The van der Waals surface area contributed by atoms with Crippen LogP contribution >= 0.6 is 0 Å². The van der Waals surface area contributed by atoms with Gasteiger partial charge in [0.05, 0.1) is 12.5 Å². The summed E-state index contributed by atoms with van der Waals surface area (Å²) in [5.41, 5.74) is 0. The largest absolute Gasteiger partial charge is 0.480 e. The van der Waals surface area contributed by atoms with Crippen LogP contribution in [0.1, 0.15) is 6.92 Å². The maximum Gasteiger partial charge on any atom is 0.325 e. The molecule has 0 radical (unpaired) electrons. The number of aliphatic carboxylic acids is 1. The van der Waals surface area contributed by atoms with E-state index in [9.17, 15) is 13.2 Å². The Morgan fingerprint density at radius 3 is 2.90 bits per heavy atom. The van der Waals surface area contributed by atoms with E-state index in [0.29, 0.717) is 6.54 Å². The van der Waals surface area contributed by atoms with E-state index >= 15 is 0 Å². The SMILES string of the molecule is CC(Cn1ccnc1)NS(=O)(=O)c1cnn(CC(=O)O)c1. The van der Waals surface area contributed by atoms with Crippen LogP contribution in [-0.4, -0.2) is 44.9 Å². The number of hydrogen-bond acceptors (Lipinski definition) is 5. The number of carboxylic acids is 1. The Labute approximate surface area is 121 Å². The molecule has 0 fully saturated rings. The molecule has 0 saturated heterocycles. The van der Waals surface area contributed by atoms with Crippen molar-refractivity contribution in [3.05, 3.63) is 31.1 Å². The molecule has 1 atom stereocenters. The molecule has 21 heavy (non-hydrogen) atoms. The van der Waals surface area contributed by atoms with Crippen molar-refractivity contribution < 1.29 is 18.3 Å². The number of hydrogen-bond donors (Lipinski definition) is 2. The molecule has 0 saturated carbocycles. The Hall–Kier alpha value is -2.20. The first-order valence-electron chi connectivity index (χ1n) is 6.09. The van der Waals surface area contributed by atoms with Crippen molar-refractivity contribution in [3.63, 3.8) is 0 Å². The molecule has 2 heterocycles. The lowest BCUT2D eigenvalue weighted by atomic mass is 10.4. The highest BCUT2D eigenvalue weighted by Gasteiger charge is 2.20. The lowest BCUT2D eigenvalue weighted by Crippen LogP contribution is -2.35. The summed E-state index contributed by atoms with van der Waals surface area (Å²) < 4.78 is 29.6. The summed E-state index contributed by atoms with van der Waals surface area (Å²) >= 11 is 0. The number of rotatable bonds is 7. The number of carboxylic acid groups (broad SMARTS) is 1. The predicted molar refractivity (Wildman–Crippen MR) is 71.9 cm³/mol. The minimum Gasteiger partial charge on any atom is -0.480 e. The van der Waals surface area contributed by atoms with Crippen molar-refractivity contribution in [2.45, 2.75) is 31.0 Å². The second-order valence-corrected chi connectivity index (χ2v) is 6.26. The van der Waals surface area contributed by atoms with E-state index in [1.165, 1.54) is 6.20 Å². The fourth-order valence-corrected chi connectivity index (χ4v) is 2.98. The second-order valence-electron chi connectivity index (χ2n) is 4.55. The van der Waals surface area contributed by atoms with Crippen molar-refractivity contribution in [1.82, 2.24) is 24.1 Å². The number of sulfonamides is 1. The summed E-state index contributed by atoms with van der Waals surface area (Å²) in [6.07, 6.45) is 7.23. The molecular weight excluding hydrogens is 298 g/mol. The molecule has 1 unspecified atom stereocenters. The standard InChI is InChI=1S/C11H15N5O4S/c1-9(5-15-3-2-12-8-15)14-21(19,20)10-4-13-16(6-10)7-11(17)18/h2-4,6,8-9,14H,5,7H2,1H3,(H,17,18). The number of carbonyl (C=O) groups is 1. The van der Waals surface area contributed by atoms with Gasteiger partial charge in [0.1, 0.15) is 11.4 Å². The molecule has 9 nitrogen and oxygen atoms in total. The summed E-state index contributed by atoms with van der Waals surface area (Å²) in [7, 11) is -3.74. The Kier molecular flexibility index (Phi) is 4.38. The van der Waals surface area contributed by atoms with Gasteiger partial charge in [-0.3, -0.25) is 9.48 Å². The second kappa shape index (κ2) is 6.06. The van der Waals surface area contributed by atoms with Crippen LogP contribution in [0, 0.1) is 0 Å². The van der Waals surface area contributed by atoms with E-state index in [2.05, 4.69) is 14.8 Å². The Morgan fingerprint density at radius 2 is 2.29 bits per heavy atom. The molecule has 2 rings (SSSR count). The minimum atomic E-state index is -3.74. The maximum atomic E-state index is 12.1. The Balaban J connectivity index is 2.03. The molecule has 114 valence electrons. The normalized spacial score (nSPS) is 13.2. The molecule has 0 aliphatic rings. The topological polar surface area (TPSA) is 119 Å². The van der Waals surface area contributed by atoms with Crippen LogP contribution in [0.2, 0.25) is 0 Å². The highest BCUT2D eigenvalue weighted by molar-refractivity contribution is 7.89. The van der Waals surface area contributed by atoms with Gasteiger partial charge in [-0.1, -0.05) is 0 Å². The van der Waals surface area contributed by atoms with Crippen molar-refractivity contribution >= 4 is 16.0 Å². The molecule has 0 bridgehead atoms. The van der Waals surface area contributed by atoms with Crippen LogP contribution < -0.4 is 4.72 Å². The Bertz CT molecular complexity index is 707. The van der Waals surface area contributed by atoms with Gasteiger partial charge in [-0.2, -0.15) is 5.10 Å². The lowest BCUT2D eigenvalue weighted by Gasteiger charge is -2.13. The first-order valence-corrected chi connectivity index (χ1v) is 7.57. The van der Waals surface area contributed by atoms with Gasteiger partial charge >= 0.3 is 5.97 Å². The smallest absolute Gasteiger partial charge is 0.325 e. The molecule has 2 N–H and O–H groups in total. The number of imidazole rings is 1. The van der Waals surface area contributed by atoms with E-state index < -0.39 is 16.0 Å². The summed E-state index contributed by atoms with van der Waals surface area (Å²) in [4.78, 5) is 14.4. The van der Waals surface area contributed by atoms with Crippen molar-refractivity contribution in [3.8, 4) is 0 Å². The van der Waals surface area contributed by atoms with E-state index in [4.69, 9.17) is 5.11 Å². The third-order valence-electron chi connectivity index (χ3n) is 2.62. The van der Waals surface area contributed by atoms with Gasteiger partial charge < -0.3 is 9.67 Å². The van der Waals surface area contributed by atoms with Crippen LogP contribution in [0.4, 0.5) is 0 Å². The zero-order valence-corrected chi connectivity index (χ0v) is 12.1. The van der Waals surface area contributed by atoms with E-state index in [-0.39, 0.29) is 17.5 Å². The zero-order valence-electron chi connectivity index (χ0n) is 11.2. The van der Waals surface area contributed by atoms with Gasteiger partial charge in [-0.05, 0) is 6.92 Å². The molecule has 0 aliphatic carbocycles. The molecule has 2 aromatic heterocycles. The van der Waals surface area contributed by atoms with Crippen molar-refractivity contribution in [2.75, 3.05) is 0 Å². The third kappa shape index (κ3) is 4.13. The average molecular weight is 313 g/mol. The quantitative estimate of drug-likeness (QED) is 0.713. The number of nitrogens with zero attached hydrogens (tertiary/aromatic N) is 4. The maximum absolute atomic E-state index is 12.1. The molecule has 0 aromatic carbocycles. The number of aromatic nitrogens is 4. The summed E-state index contributed by atoms with van der Waals surface area (Å²) in [5, 5.41) is 12.3. The number of nitrogens with one attached hydrogen (secondary N) is 1. The average Bonchev–Trinajstić information content (AvgIpc) is 2.98. The summed E-state index contributed by atoms with van der Waals surface area (Å²) in [6, 6.07) is -0.355. The molecule has 0 spiro atoms. The van der Waals surface area contributed by atoms with Crippen molar-refractivity contribution in [2.24, 2.45) is 0 Å². The van der Waals surface area contributed by atoms with Gasteiger partial charge in [0.25, 0.3) is 0 Å². The van der Waals surface area contributed by atoms with Gasteiger partial charge in [-0.25, -0.2) is 18.1 Å². The molecule has 10 heteroatoms.